The van der Waals surface area contributed by atoms with Crippen LogP contribution in [0, 0.1) is 0 Å². The molecule has 5 rings (SSSR count). The largest absolute Gasteiger partial charge is 0.497 e. The van der Waals surface area contributed by atoms with Gasteiger partial charge in [0.05, 0.1) is 32.5 Å². The number of nitrogens with zero attached hydrogens (tertiary/aromatic N) is 1. The number of aromatic nitrogens is 2. The normalized spacial score (nSPS) is 17.5. The van der Waals surface area contributed by atoms with Gasteiger partial charge in [-0.05, 0) is 66.4 Å². The van der Waals surface area contributed by atoms with Gasteiger partial charge in [-0.25, -0.2) is 4.79 Å². The first-order valence-electron chi connectivity index (χ1n) is 17.1. The van der Waals surface area contributed by atoms with Gasteiger partial charge in [0.25, 0.3) is 5.56 Å². The highest BCUT2D eigenvalue weighted by molar-refractivity contribution is 5.91. The molecule has 4 aromatic rings. The molecule has 3 atom stereocenters. The van der Waals surface area contributed by atoms with E-state index in [1.54, 1.807) is 14.2 Å². The Morgan fingerprint density at radius 3 is 2.16 bits per heavy atom. The lowest BCUT2D eigenvalue weighted by atomic mass is 9.80. The van der Waals surface area contributed by atoms with Crippen molar-refractivity contribution in [2.24, 2.45) is 5.73 Å². The molecular weight excluding hydrogens is 652 g/mol. The van der Waals surface area contributed by atoms with Crippen molar-refractivity contribution in [2.45, 2.75) is 56.1 Å². The van der Waals surface area contributed by atoms with E-state index in [0.29, 0.717) is 24.6 Å². The fraction of sp³-hybridized carbons (Fsp3) is 0.359. The predicted octanol–water partition coefficient (Wildman–Crippen LogP) is 3.86. The highest BCUT2D eigenvalue weighted by atomic mass is 16.6. The lowest BCUT2D eigenvalue weighted by Crippen LogP contribution is -2.38. The number of hydrogen-bond acceptors (Lipinski definition) is 9. The summed E-state index contributed by atoms with van der Waals surface area (Å²) < 4.78 is 25.2. The van der Waals surface area contributed by atoms with Gasteiger partial charge in [-0.3, -0.25) is 19.1 Å². The summed E-state index contributed by atoms with van der Waals surface area (Å²) in [6.07, 6.45) is 5.01. The summed E-state index contributed by atoms with van der Waals surface area (Å²) in [4.78, 5) is 40.2. The fourth-order valence-corrected chi connectivity index (χ4v) is 6.21. The third kappa shape index (κ3) is 9.02. The van der Waals surface area contributed by atoms with Crippen LogP contribution < -0.4 is 31.8 Å². The number of aromatic amines is 1. The summed E-state index contributed by atoms with van der Waals surface area (Å²) >= 11 is 0. The number of H-pyrrole nitrogens is 1. The van der Waals surface area contributed by atoms with Crippen molar-refractivity contribution in [3.8, 4) is 11.5 Å². The SMILES string of the molecule is COc1ccc(C(OC[C@H]2O[C@@H](n3cc(C=CC(=O)NCCCCCCN)c(=O)[nH]c3=O)C[C@@H]2O)(c2ccccc2)c2ccc(OC)cc2)cc1. The smallest absolute Gasteiger partial charge is 0.330 e. The highest BCUT2D eigenvalue weighted by Crippen LogP contribution is 2.42. The molecule has 1 aromatic heterocycles. The van der Waals surface area contributed by atoms with Crippen molar-refractivity contribution in [3.05, 3.63) is 134 Å². The number of rotatable bonds is 17. The fourth-order valence-electron chi connectivity index (χ4n) is 6.21. The van der Waals surface area contributed by atoms with Gasteiger partial charge in [-0.2, -0.15) is 0 Å². The number of methoxy groups -OCH3 is 2. The van der Waals surface area contributed by atoms with Gasteiger partial charge in [0.1, 0.15) is 29.4 Å². The van der Waals surface area contributed by atoms with Crippen molar-refractivity contribution in [2.75, 3.05) is 33.9 Å². The molecule has 12 nitrogen and oxygen atoms in total. The van der Waals surface area contributed by atoms with Crippen molar-refractivity contribution in [1.82, 2.24) is 14.9 Å². The molecule has 51 heavy (non-hydrogen) atoms. The van der Waals surface area contributed by atoms with Gasteiger partial charge in [0.15, 0.2) is 0 Å². The molecule has 0 spiro atoms. The first-order chi connectivity index (χ1) is 24.8. The minimum Gasteiger partial charge on any atom is -0.497 e. The van der Waals surface area contributed by atoms with Crippen LogP contribution in [0.3, 0.4) is 0 Å². The number of unbranched alkanes of at least 4 members (excludes halogenated alkanes) is 3. The second-order valence-electron chi connectivity index (χ2n) is 12.3. The van der Waals surface area contributed by atoms with Gasteiger partial charge in [-0.15, -0.1) is 0 Å². The zero-order chi connectivity index (χ0) is 36.2. The zero-order valence-electron chi connectivity index (χ0n) is 29.0. The van der Waals surface area contributed by atoms with Crippen LogP contribution in [0.15, 0.2) is 101 Å². The molecule has 5 N–H and O–H groups in total. The van der Waals surface area contributed by atoms with Crippen LogP contribution >= 0.6 is 0 Å². The minimum absolute atomic E-state index is 0.0537. The highest BCUT2D eigenvalue weighted by Gasteiger charge is 2.42. The quantitative estimate of drug-likeness (QED) is 0.0728. The van der Waals surface area contributed by atoms with Crippen LogP contribution in [0.2, 0.25) is 0 Å². The minimum atomic E-state index is -1.14. The second-order valence-corrected chi connectivity index (χ2v) is 12.3. The lowest BCUT2D eigenvalue weighted by Gasteiger charge is -2.37. The van der Waals surface area contributed by atoms with E-state index in [9.17, 15) is 19.5 Å². The molecule has 12 heteroatoms. The van der Waals surface area contributed by atoms with Gasteiger partial charge in [0.2, 0.25) is 5.91 Å². The Labute approximate surface area is 296 Å². The number of ether oxygens (including phenoxy) is 4. The number of aliphatic hydroxyl groups excluding tert-OH is 1. The molecule has 3 aromatic carbocycles. The number of carbonyl (C=O) groups is 1. The van der Waals surface area contributed by atoms with Crippen molar-refractivity contribution < 1.29 is 28.8 Å². The van der Waals surface area contributed by atoms with Gasteiger partial charge in [-0.1, -0.05) is 67.4 Å². The molecule has 1 amide bonds. The zero-order valence-corrected chi connectivity index (χ0v) is 29.0. The van der Waals surface area contributed by atoms with E-state index < -0.39 is 35.3 Å². The number of aliphatic hydroxyl groups is 1. The summed E-state index contributed by atoms with van der Waals surface area (Å²) in [5, 5.41) is 14.0. The lowest BCUT2D eigenvalue weighted by molar-refractivity contribution is -0.116. The third-order valence-corrected chi connectivity index (χ3v) is 8.99. The van der Waals surface area contributed by atoms with Crippen LogP contribution in [-0.2, 0) is 19.9 Å². The van der Waals surface area contributed by atoms with E-state index in [-0.39, 0.29) is 24.5 Å². The molecular formula is C39H46N4O8. The molecule has 1 aliphatic heterocycles. The Kier molecular flexibility index (Phi) is 13.0. The molecule has 0 radical (unpaired) electrons. The van der Waals surface area contributed by atoms with Crippen molar-refractivity contribution >= 4 is 12.0 Å². The summed E-state index contributed by atoms with van der Waals surface area (Å²) in [7, 11) is 3.21. The Balaban J connectivity index is 1.37. The standard InChI is InChI=1S/C39H46N4O8/c1-48-31-17-13-29(14-18-31)39(28-10-6-5-7-11-28,30-15-19-32(49-2)20-16-30)50-26-34-33(44)24-36(51-34)43-25-27(37(46)42-38(43)47)12-21-35(45)41-23-9-4-3-8-22-40/h5-7,10-21,25,33-34,36,44H,3-4,8-9,22-24,26,40H2,1-2H3,(H,41,45)(H,42,46,47)/t33-,34+,36+/m0/s1. The van der Waals surface area contributed by atoms with Crippen molar-refractivity contribution in [1.29, 1.82) is 0 Å². The monoisotopic (exact) mass is 698 g/mol. The van der Waals surface area contributed by atoms with Crippen LogP contribution in [-0.4, -0.2) is 66.7 Å². The molecule has 0 bridgehead atoms. The van der Waals surface area contributed by atoms with E-state index in [4.69, 9.17) is 24.7 Å². The summed E-state index contributed by atoms with van der Waals surface area (Å²) in [5.41, 5.74) is 5.58. The number of benzene rings is 3. The predicted molar refractivity (Wildman–Crippen MR) is 194 cm³/mol. The first kappa shape index (κ1) is 37.3. The number of nitrogens with two attached hydrogens (primary N) is 1. The molecule has 0 saturated carbocycles. The maximum absolute atomic E-state index is 12.9. The Bertz CT molecular complexity index is 1810. The van der Waals surface area contributed by atoms with Gasteiger partial charge >= 0.3 is 5.69 Å². The van der Waals surface area contributed by atoms with Gasteiger partial charge in [0, 0.05) is 25.2 Å². The van der Waals surface area contributed by atoms with Crippen molar-refractivity contribution in [3.63, 3.8) is 0 Å². The average molecular weight is 699 g/mol. The summed E-state index contributed by atoms with van der Waals surface area (Å²) in [5.74, 6) is 1.01. The number of carbonyl (C=O) groups excluding carboxylic acids is 1. The van der Waals surface area contributed by atoms with E-state index >= 15 is 0 Å². The van der Waals surface area contributed by atoms with E-state index in [0.717, 1.165) is 42.4 Å². The Morgan fingerprint density at radius 1 is 0.941 bits per heavy atom. The van der Waals surface area contributed by atoms with E-state index in [1.165, 1.54) is 22.9 Å². The summed E-state index contributed by atoms with van der Waals surface area (Å²) in [6, 6.07) is 24.9. The number of hydrogen-bond donors (Lipinski definition) is 4. The maximum atomic E-state index is 12.9. The van der Waals surface area contributed by atoms with Crippen LogP contribution in [0.4, 0.5) is 0 Å². The number of nitrogens with one attached hydrogen (secondary N) is 2. The van der Waals surface area contributed by atoms with Crippen LogP contribution in [0.1, 0.15) is 60.6 Å². The topological polar surface area (TPSA) is 167 Å². The Hall–Kier alpha value is -5.01. The maximum Gasteiger partial charge on any atom is 0.330 e. The second kappa shape index (κ2) is 17.8. The molecule has 270 valence electrons. The first-order valence-corrected chi connectivity index (χ1v) is 17.1. The molecule has 2 heterocycles. The molecule has 1 aliphatic rings. The summed E-state index contributed by atoms with van der Waals surface area (Å²) in [6.45, 7) is 1.10. The molecule has 1 fully saturated rings. The Morgan fingerprint density at radius 2 is 1.55 bits per heavy atom. The van der Waals surface area contributed by atoms with E-state index in [2.05, 4.69) is 10.3 Å². The van der Waals surface area contributed by atoms with Crippen LogP contribution in [0.5, 0.6) is 11.5 Å². The molecule has 0 unspecified atom stereocenters. The number of amides is 1. The average Bonchev–Trinajstić information content (AvgIpc) is 3.53. The van der Waals surface area contributed by atoms with Crippen LogP contribution in [0.25, 0.3) is 6.08 Å². The third-order valence-electron chi connectivity index (χ3n) is 8.99. The van der Waals surface area contributed by atoms with Gasteiger partial charge < -0.3 is 35.1 Å². The molecule has 0 aliphatic carbocycles. The van der Waals surface area contributed by atoms with E-state index in [1.807, 2.05) is 78.9 Å². The molecule has 1 saturated heterocycles.